The number of rotatable bonds is 1. The van der Waals surface area contributed by atoms with E-state index in [0.29, 0.717) is 18.4 Å². The smallest absolute Gasteiger partial charge is 0.408 e. The van der Waals surface area contributed by atoms with E-state index in [1.807, 2.05) is 0 Å². The summed E-state index contributed by atoms with van der Waals surface area (Å²) in [6.07, 6.45) is 2.36. The fraction of sp³-hybridized carbons (Fsp3) is 0.500. The molecular weight excluding hydrogens is 244 g/mol. The molecular formula is C14H18N2O3. The molecule has 1 amide bonds. The first-order valence-electron chi connectivity index (χ1n) is 6.34. The van der Waals surface area contributed by atoms with Crippen molar-refractivity contribution in [2.45, 2.75) is 45.3 Å². The second kappa shape index (κ2) is 4.99. The van der Waals surface area contributed by atoms with Crippen LogP contribution in [-0.2, 0) is 11.2 Å². The van der Waals surface area contributed by atoms with Crippen molar-refractivity contribution in [3.05, 3.63) is 29.6 Å². The van der Waals surface area contributed by atoms with E-state index in [4.69, 9.17) is 4.74 Å². The first-order valence-corrected chi connectivity index (χ1v) is 6.34. The van der Waals surface area contributed by atoms with Gasteiger partial charge >= 0.3 is 6.09 Å². The van der Waals surface area contributed by atoms with Crippen LogP contribution in [0.2, 0.25) is 0 Å². The molecule has 1 heterocycles. The van der Waals surface area contributed by atoms with Crippen molar-refractivity contribution in [3.8, 4) is 0 Å². The van der Waals surface area contributed by atoms with Crippen molar-refractivity contribution in [2.75, 3.05) is 0 Å². The van der Waals surface area contributed by atoms with Crippen LogP contribution in [0.4, 0.5) is 4.79 Å². The fourth-order valence-electron chi connectivity index (χ4n) is 2.05. The maximum atomic E-state index is 12.2. The van der Waals surface area contributed by atoms with Gasteiger partial charge in [-0.2, -0.15) is 0 Å². The van der Waals surface area contributed by atoms with Gasteiger partial charge in [-0.1, -0.05) is 0 Å². The quantitative estimate of drug-likeness (QED) is 0.841. The van der Waals surface area contributed by atoms with Crippen LogP contribution in [0.5, 0.6) is 0 Å². The Morgan fingerprint density at radius 1 is 1.47 bits per heavy atom. The first kappa shape index (κ1) is 13.5. The number of ketones is 1. The molecule has 1 aromatic heterocycles. The van der Waals surface area contributed by atoms with Gasteiger partial charge in [0.1, 0.15) is 5.60 Å². The van der Waals surface area contributed by atoms with Crippen LogP contribution in [0.1, 0.15) is 43.2 Å². The molecule has 0 saturated carbocycles. The summed E-state index contributed by atoms with van der Waals surface area (Å²) in [6.45, 7) is 5.36. The van der Waals surface area contributed by atoms with Crippen molar-refractivity contribution in [3.63, 3.8) is 0 Å². The molecule has 5 nitrogen and oxygen atoms in total. The third kappa shape index (κ3) is 3.30. The molecule has 102 valence electrons. The number of pyridine rings is 1. The topological polar surface area (TPSA) is 68.3 Å². The third-order valence-corrected chi connectivity index (χ3v) is 2.83. The molecule has 1 atom stereocenters. The molecule has 0 spiro atoms. The zero-order valence-electron chi connectivity index (χ0n) is 11.4. The Morgan fingerprint density at radius 3 is 2.89 bits per heavy atom. The lowest BCUT2D eigenvalue weighted by Gasteiger charge is -2.25. The number of Topliss-reactive ketones (excluding diaryl/α,β-unsaturated/α-hetero) is 1. The molecule has 1 N–H and O–H groups in total. The van der Waals surface area contributed by atoms with E-state index in [9.17, 15) is 9.59 Å². The SMILES string of the molecule is CC(C)(C)OC(=O)NC1CCc2ncccc2C1=O. The number of aryl methyl sites for hydroxylation is 1. The van der Waals surface area contributed by atoms with Crippen molar-refractivity contribution in [1.29, 1.82) is 0 Å². The van der Waals surface area contributed by atoms with Gasteiger partial charge in [0.25, 0.3) is 0 Å². The Bertz CT molecular complexity index is 506. The molecule has 0 fully saturated rings. The van der Waals surface area contributed by atoms with Gasteiger partial charge in [0.05, 0.1) is 11.7 Å². The van der Waals surface area contributed by atoms with E-state index < -0.39 is 17.7 Å². The number of amides is 1. The van der Waals surface area contributed by atoms with E-state index in [2.05, 4.69) is 10.3 Å². The van der Waals surface area contributed by atoms with E-state index >= 15 is 0 Å². The average molecular weight is 262 g/mol. The van der Waals surface area contributed by atoms with Crippen LogP contribution >= 0.6 is 0 Å². The number of ether oxygens (including phenoxy) is 1. The Hall–Kier alpha value is -1.91. The highest BCUT2D eigenvalue weighted by molar-refractivity contribution is 6.03. The Kier molecular flexibility index (Phi) is 3.55. The number of alkyl carbamates (subject to hydrolysis) is 1. The Morgan fingerprint density at radius 2 is 2.21 bits per heavy atom. The van der Waals surface area contributed by atoms with Gasteiger partial charge in [-0.05, 0) is 45.7 Å². The minimum atomic E-state index is -0.568. The summed E-state index contributed by atoms with van der Waals surface area (Å²) in [5.74, 6) is -0.0970. The molecule has 1 unspecified atom stereocenters. The zero-order chi connectivity index (χ0) is 14.0. The van der Waals surface area contributed by atoms with E-state index in [1.165, 1.54) is 0 Å². The summed E-state index contributed by atoms with van der Waals surface area (Å²) >= 11 is 0. The monoisotopic (exact) mass is 262 g/mol. The summed E-state index contributed by atoms with van der Waals surface area (Å²) in [7, 11) is 0. The van der Waals surface area contributed by atoms with Crippen molar-refractivity contribution >= 4 is 11.9 Å². The number of nitrogens with one attached hydrogen (secondary N) is 1. The van der Waals surface area contributed by atoms with Gasteiger partial charge < -0.3 is 10.1 Å². The maximum absolute atomic E-state index is 12.2. The average Bonchev–Trinajstić information content (AvgIpc) is 2.31. The number of fused-ring (bicyclic) bond motifs is 1. The number of aromatic nitrogens is 1. The lowest BCUT2D eigenvalue weighted by molar-refractivity contribution is 0.0486. The third-order valence-electron chi connectivity index (χ3n) is 2.83. The molecule has 2 rings (SSSR count). The lowest BCUT2D eigenvalue weighted by Crippen LogP contribution is -2.45. The summed E-state index contributed by atoms with van der Waals surface area (Å²) < 4.78 is 5.16. The predicted octanol–water partition coefficient (Wildman–Crippen LogP) is 2.10. The highest BCUT2D eigenvalue weighted by Crippen LogP contribution is 2.19. The summed E-state index contributed by atoms with van der Waals surface area (Å²) in [6, 6.07) is 2.95. The van der Waals surface area contributed by atoms with Crippen LogP contribution < -0.4 is 5.32 Å². The second-order valence-electron chi connectivity index (χ2n) is 5.60. The van der Waals surface area contributed by atoms with Crippen LogP contribution in [0.3, 0.4) is 0 Å². The molecule has 19 heavy (non-hydrogen) atoms. The second-order valence-corrected chi connectivity index (χ2v) is 5.60. The minimum absolute atomic E-state index is 0.0970. The van der Waals surface area contributed by atoms with Gasteiger partial charge in [-0.15, -0.1) is 0 Å². The zero-order valence-corrected chi connectivity index (χ0v) is 11.4. The standard InChI is InChI=1S/C14H18N2O3/c1-14(2,3)19-13(18)16-11-7-6-10-9(12(11)17)5-4-8-15-10/h4-5,8,11H,6-7H2,1-3H3,(H,16,18). The van der Waals surface area contributed by atoms with Crippen molar-refractivity contribution < 1.29 is 14.3 Å². The van der Waals surface area contributed by atoms with Gasteiger partial charge in [-0.3, -0.25) is 9.78 Å². The van der Waals surface area contributed by atoms with Gasteiger partial charge in [0.2, 0.25) is 0 Å². The number of carbonyl (C=O) groups excluding carboxylic acids is 2. The summed E-state index contributed by atoms with van der Waals surface area (Å²) in [4.78, 5) is 28.1. The Balaban J connectivity index is 2.05. The summed E-state index contributed by atoms with van der Waals surface area (Å²) in [5.41, 5.74) is 0.825. The minimum Gasteiger partial charge on any atom is -0.444 e. The van der Waals surface area contributed by atoms with Crippen LogP contribution in [0, 0.1) is 0 Å². The fourth-order valence-corrected chi connectivity index (χ4v) is 2.05. The normalized spacial score (nSPS) is 18.7. The van der Waals surface area contributed by atoms with Crippen LogP contribution in [0.25, 0.3) is 0 Å². The molecule has 1 aromatic rings. The first-order chi connectivity index (χ1) is 8.87. The number of nitrogens with zero attached hydrogens (tertiary/aromatic N) is 1. The lowest BCUT2D eigenvalue weighted by atomic mass is 9.91. The molecule has 0 saturated heterocycles. The van der Waals surface area contributed by atoms with E-state index in [1.54, 1.807) is 39.1 Å². The van der Waals surface area contributed by atoms with E-state index in [0.717, 1.165) is 5.69 Å². The molecule has 0 radical (unpaired) electrons. The molecule has 1 aliphatic carbocycles. The van der Waals surface area contributed by atoms with E-state index in [-0.39, 0.29) is 5.78 Å². The molecule has 0 bridgehead atoms. The Labute approximate surface area is 112 Å². The highest BCUT2D eigenvalue weighted by atomic mass is 16.6. The number of hydrogen-bond acceptors (Lipinski definition) is 4. The highest BCUT2D eigenvalue weighted by Gasteiger charge is 2.30. The van der Waals surface area contributed by atoms with Gasteiger partial charge in [0, 0.05) is 11.8 Å². The molecule has 5 heteroatoms. The predicted molar refractivity (Wildman–Crippen MR) is 70.0 cm³/mol. The molecule has 1 aliphatic rings. The maximum Gasteiger partial charge on any atom is 0.408 e. The van der Waals surface area contributed by atoms with Crippen LogP contribution in [-0.4, -0.2) is 28.5 Å². The van der Waals surface area contributed by atoms with Crippen molar-refractivity contribution in [2.24, 2.45) is 0 Å². The number of hydrogen-bond donors (Lipinski definition) is 1. The number of carbonyl (C=O) groups is 2. The van der Waals surface area contributed by atoms with Gasteiger partial charge in [-0.25, -0.2) is 4.79 Å². The van der Waals surface area contributed by atoms with Crippen molar-refractivity contribution in [1.82, 2.24) is 10.3 Å². The molecule has 0 aromatic carbocycles. The van der Waals surface area contributed by atoms with Crippen LogP contribution in [0.15, 0.2) is 18.3 Å². The summed E-state index contributed by atoms with van der Waals surface area (Å²) in [5, 5.41) is 2.63. The largest absolute Gasteiger partial charge is 0.444 e. The van der Waals surface area contributed by atoms with Gasteiger partial charge in [0.15, 0.2) is 5.78 Å². The molecule has 0 aliphatic heterocycles.